The van der Waals surface area contributed by atoms with Crippen LogP contribution in [0.15, 0.2) is 88.2 Å². The number of hydrogen-bond donors (Lipinski definition) is 0. The van der Waals surface area contributed by atoms with Gasteiger partial charge in [-0.25, -0.2) is 9.79 Å². The molecule has 0 bridgehead atoms. The van der Waals surface area contributed by atoms with Crippen LogP contribution in [0, 0.1) is 0 Å². The van der Waals surface area contributed by atoms with Crippen LogP contribution >= 0.6 is 11.3 Å². The molecule has 5 rings (SSSR count). The molecule has 4 aromatic rings. The highest BCUT2D eigenvalue weighted by atomic mass is 32.1. The molecule has 0 saturated carbocycles. The number of benzene rings is 3. The summed E-state index contributed by atoms with van der Waals surface area (Å²) in [6.45, 7) is 4.31. The molecule has 1 aliphatic heterocycles. The van der Waals surface area contributed by atoms with Gasteiger partial charge in [0.1, 0.15) is 5.75 Å². The number of thiazole rings is 1. The quantitative estimate of drug-likeness (QED) is 0.278. The summed E-state index contributed by atoms with van der Waals surface area (Å²) in [4.78, 5) is 33.0. The summed E-state index contributed by atoms with van der Waals surface area (Å²) in [7, 11) is 3.17. The molecule has 2 heterocycles. The smallest absolute Gasteiger partial charge is 0.338 e. The van der Waals surface area contributed by atoms with E-state index >= 15 is 0 Å². The maximum absolute atomic E-state index is 14.1. The molecule has 0 saturated heterocycles. The van der Waals surface area contributed by atoms with E-state index in [0.717, 1.165) is 16.7 Å². The highest BCUT2D eigenvalue weighted by Crippen LogP contribution is 2.35. The lowest BCUT2D eigenvalue weighted by Crippen LogP contribution is -2.40. The van der Waals surface area contributed by atoms with Crippen LogP contribution in [0.4, 0.5) is 0 Å². The molecule has 1 aliphatic rings. The van der Waals surface area contributed by atoms with Gasteiger partial charge in [0.05, 0.1) is 49.3 Å². The molecular formula is C32H30N2O6S. The van der Waals surface area contributed by atoms with E-state index < -0.39 is 12.0 Å². The van der Waals surface area contributed by atoms with Gasteiger partial charge < -0.3 is 18.9 Å². The number of carbonyl (C=O) groups is 1. The Balaban J connectivity index is 1.77. The highest BCUT2D eigenvalue weighted by molar-refractivity contribution is 7.07. The molecule has 0 amide bonds. The number of esters is 1. The summed E-state index contributed by atoms with van der Waals surface area (Å²) in [5, 5.41) is 0. The average molecular weight is 571 g/mol. The second-order valence-electron chi connectivity index (χ2n) is 9.05. The number of fused-ring (bicyclic) bond motifs is 1. The van der Waals surface area contributed by atoms with E-state index in [9.17, 15) is 9.59 Å². The van der Waals surface area contributed by atoms with E-state index in [0.29, 0.717) is 44.5 Å². The van der Waals surface area contributed by atoms with Crippen molar-refractivity contribution in [1.29, 1.82) is 0 Å². The first-order chi connectivity index (χ1) is 20.0. The number of ether oxygens (including phenoxy) is 4. The SMILES string of the molecule is CCOC(=O)C1=C(c2ccccc2)N=c2s/c(=C\c3ccc(OC)c(OCC)c3)c(=O)n2[C@H]1c1ccc(OC)cc1. The normalized spacial score (nSPS) is 14.7. The van der Waals surface area contributed by atoms with Crippen LogP contribution in [0.2, 0.25) is 0 Å². The minimum Gasteiger partial charge on any atom is -0.497 e. The maximum Gasteiger partial charge on any atom is 0.338 e. The first kappa shape index (κ1) is 27.9. The molecule has 3 aromatic carbocycles. The molecule has 8 nitrogen and oxygen atoms in total. The lowest BCUT2D eigenvalue weighted by molar-refractivity contribution is -0.138. The summed E-state index contributed by atoms with van der Waals surface area (Å²) < 4.78 is 24.0. The number of nitrogens with zero attached hydrogens (tertiary/aromatic N) is 2. The van der Waals surface area contributed by atoms with Gasteiger partial charge in [-0.3, -0.25) is 9.36 Å². The second-order valence-corrected chi connectivity index (χ2v) is 10.1. The van der Waals surface area contributed by atoms with Gasteiger partial charge in [0.15, 0.2) is 16.3 Å². The minimum absolute atomic E-state index is 0.184. The Morgan fingerprint density at radius 2 is 1.71 bits per heavy atom. The van der Waals surface area contributed by atoms with E-state index in [-0.39, 0.29) is 12.2 Å². The molecule has 0 N–H and O–H groups in total. The molecule has 0 fully saturated rings. The summed E-state index contributed by atoms with van der Waals surface area (Å²) in [5.74, 6) is 1.33. The third kappa shape index (κ3) is 5.53. The lowest BCUT2D eigenvalue weighted by Gasteiger charge is -2.26. The van der Waals surface area contributed by atoms with Gasteiger partial charge in [0.2, 0.25) is 0 Å². The van der Waals surface area contributed by atoms with Crippen LogP contribution in [0.5, 0.6) is 17.2 Å². The van der Waals surface area contributed by atoms with Crippen molar-refractivity contribution >= 4 is 29.1 Å². The Labute approximate surface area is 241 Å². The molecule has 0 unspecified atom stereocenters. The summed E-state index contributed by atoms with van der Waals surface area (Å²) in [6.07, 6.45) is 1.80. The number of carbonyl (C=O) groups excluding carboxylic acids is 1. The number of aromatic nitrogens is 1. The lowest BCUT2D eigenvalue weighted by atomic mass is 9.93. The van der Waals surface area contributed by atoms with Gasteiger partial charge in [-0.1, -0.05) is 59.9 Å². The standard InChI is InChI=1S/C32H30N2O6S/c1-5-39-25-18-20(12-17-24(25)38-4)19-26-30(35)34-29(22-13-15-23(37-3)16-14-22)27(31(36)40-6-2)28(33-32(34)41-26)21-10-8-7-9-11-21/h7-19,29H,5-6H2,1-4H3/b26-19-/t29-/m0/s1. The summed E-state index contributed by atoms with van der Waals surface area (Å²) >= 11 is 1.26. The largest absolute Gasteiger partial charge is 0.497 e. The van der Waals surface area contributed by atoms with Crippen molar-refractivity contribution in [3.8, 4) is 17.2 Å². The average Bonchev–Trinajstić information content (AvgIpc) is 3.31. The van der Waals surface area contributed by atoms with Crippen molar-refractivity contribution in [1.82, 2.24) is 4.57 Å². The van der Waals surface area contributed by atoms with Crippen LogP contribution < -0.4 is 29.1 Å². The molecule has 9 heteroatoms. The van der Waals surface area contributed by atoms with Gasteiger partial charge in [0, 0.05) is 5.56 Å². The van der Waals surface area contributed by atoms with Gasteiger partial charge in [-0.05, 0) is 55.3 Å². The molecule has 1 atom stereocenters. The van der Waals surface area contributed by atoms with Crippen molar-refractivity contribution in [3.05, 3.63) is 115 Å². The fourth-order valence-electron chi connectivity index (χ4n) is 4.74. The van der Waals surface area contributed by atoms with E-state index in [4.69, 9.17) is 23.9 Å². The van der Waals surface area contributed by atoms with Crippen molar-refractivity contribution in [2.75, 3.05) is 27.4 Å². The van der Waals surface area contributed by atoms with Crippen LogP contribution in [-0.4, -0.2) is 38.0 Å². The number of rotatable bonds is 9. The third-order valence-corrected chi connectivity index (χ3v) is 7.57. The van der Waals surface area contributed by atoms with Crippen LogP contribution in [-0.2, 0) is 9.53 Å². The molecule has 0 spiro atoms. The molecule has 1 aromatic heterocycles. The Morgan fingerprint density at radius 3 is 2.37 bits per heavy atom. The molecule has 0 aliphatic carbocycles. The third-order valence-electron chi connectivity index (χ3n) is 6.59. The van der Waals surface area contributed by atoms with E-state index in [1.165, 1.54) is 11.3 Å². The number of methoxy groups -OCH3 is 2. The first-order valence-corrected chi connectivity index (χ1v) is 14.0. The Hall–Kier alpha value is -4.63. The zero-order valence-electron chi connectivity index (χ0n) is 23.2. The van der Waals surface area contributed by atoms with Crippen molar-refractivity contribution in [2.45, 2.75) is 19.9 Å². The number of hydrogen-bond acceptors (Lipinski definition) is 8. The zero-order chi connectivity index (χ0) is 28.9. The molecule has 0 radical (unpaired) electrons. The van der Waals surface area contributed by atoms with E-state index in [1.54, 1.807) is 37.9 Å². The fraction of sp³-hybridized carbons (Fsp3) is 0.219. The Bertz CT molecular complexity index is 1770. The molecule has 41 heavy (non-hydrogen) atoms. The van der Waals surface area contributed by atoms with E-state index in [2.05, 4.69) is 0 Å². The van der Waals surface area contributed by atoms with Gasteiger partial charge in [-0.2, -0.15) is 0 Å². The van der Waals surface area contributed by atoms with Crippen LogP contribution in [0.25, 0.3) is 11.8 Å². The van der Waals surface area contributed by atoms with Crippen molar-refractivity contribution < 1.29 is 23.7 Å². The predicted octanol–water partition coefficient (Wildman–Crippen LogP) is 4.35. The van der Waals surface area contributed by atoms with Crippen LogP contribution in [0.3, 0.4) is 0 Å². The van der Waals surface area contributed by atoms with Gasteiger partial charge >= 0.3 is 5.97 Å². The monoisotopic (exact) mass is 570 g/mol. The Kier molecular flexibility index (Phi) is 8.35. The predicted molar refractivity (Wildman–Crippen MR) is 158 cm³/mol. The second kappa shape index (κ2) is 12.3. The van der Waals surface area contributed by atoms with Crippen molar-refractivity contribution in [2.24, 2.45) is 4.99 Å². The first-order valence-electron chi connectivity index (χ1n) is 13.2. The van der Waals surface area contributed by atoms with Crippen LogP contribution in [0.1, 0.15) is 36.6 Å². The fourth-order valence-corrected chi connectivity index (χ4v) is 5.75. The molecule has 210 valence electrons. The minimum atomic E-state index is -0.761. The zero-order valence-corrected chi connectivity index (χ0v) is 24.1. The van der Waals surface area contributed by atoms with E-state index in [1.807, 2.05) is 73.7 Å². The van der Waals surface area contributed by atoms with Crippen molar-refractivity contribution in [3.63, 3.8) is 0 Å². The van der Waals surface area contributed by atoms with Gasteiger partial charge in [0.25, 0.3) is 5.56 Å². The topological polar surface area (TPSA) is 88.4 Å². The Morgan fingerprint density at radius 1 is 0.951 bits per heavy atom. The highest BCUT2D eigenvalue weighted by Gasteiger charge is 2.35. The van der Waals surface area contributed by atoms with Gasteiger partial charge in [-0.15, -0.1) is 0 Å². The summed E-state index contributed by atoms with van der Waals surface area (Å²) in [5.41, 5.74) is 2.76. The maximum atomic E-state index is 14.1. The molecular weight excluding hydrogens is 540 g/mol. The summed E-state index contributed by atoms with van der Waals surface area (Å²) in [6, 6.07) is 21.5.